The van der Waals surface area contributed by atoms with Crippen LogP contribution in [0.15, 0.2) is 152 Å². The smallest absolute Gasteiger partial charge is 0.102 e. The molecule has 9 rings (SSSR count). The lowest BCUT2D eigenvalue weighted by atomic mass is 9.95. The molecule has 0 unspecified atom stereocenters. The second-order valence-electron chi connectivity index (χ2n) is 12.3. The molecule has 0 atom stereocenters. The summed E-state index contributed by atoms with van der Waals surface area (Å²) in [5, 5.41) is 34.4. The minimum Gasteiger partial charge on any atom is -0.309 e. The Kier molecular flexibility index (Phi) is 6.56. The molecule has 0 aliphatic heterocycles. The van der Waals surface area contributed by atoms with Crippen molar-refractivity contribution in [3.05, 3.63) is 168 Å². The maximum Gasteiger partial charge on any atom is 0.102 e. The highest BCUT2D eigenvalue weighted by Crippen LogP contribution is 2.39. The summed E-state index contributed by atoms with van der Waals surface area (Å²) in [7, 11) is 0. The summed E-state index contributed by atoms with van der Waals surface area (Å²) < 4.78 is 4.37. The minimum absolute atomic E-state index is 0.566. The molecular formula is C45H25N5. The van der Waals surface area contributed by atoms with E-state index in [1.807, 2.05) is 78.9 Å². The monoisotopic (exact) mass is 635 g/mol. The van der Waals surface area contributed by atoms with Gasteiger partial charge in [-0.25, -0.2) is 0 Å². The van der Waals surface area contributed by atoms with Crippen LogP contribution < -0.4 is 0 Å². The van der Waals surface area contributed by atoms with E-state index in [2.05, 4.69) is 100 Å². The van der Waals surface area contributed by atoms with Crippen LogP contribution in [-0.4, -0.2) is 9.13 Å². The summed E-state index contributed by atoms with van der Waals surface area (Å²) in [5.41, 5.74) is 11.3. The number of fused-ring (bicyclic) bond motifs is 6. The molecule has 0 saturated carbocycles. The number of hydrogen-bond acceptors (Lipinski definition) is 3. The predicted octanol–water partition coefficient (Wildman–Crippen LogP) is 10.8. The van der Waals surface area contributed by atoms with Crippen molar-refractivity contribution in [1.29, 1.82) is 15.8 Å². The standard InChI is InChI=1S/C45H25N5/c46-26-29-17-23-44-38(24-29)37-10-3-6-14-42(37)49(44)43-15-7-11-33(39(43)28-48)31-18-20-32(21-19-31)34-22-16-30(27-47)25-45(34)50-40-12-4-1-8-35(40)36-9-2-5-13-41(36)50/h1-25H. The zero-order valence-corrected chi connectivity index (χ0v) is 26.7. The van der Waals surface area contributed by atoms with E-state index in [0.29, 0.717) is 16.7 Å². The number of benzene rings is 7. The van der Waals surface area contributed by atoms with Gasteiger partial charge in [0.1, 0.15) is 6.07 Å². The normalized spacial score (nSPS) is 11.1. The lowest BCUT2D eigenvalue weighted by molar-refractivity contribution is 1.17. The molecular weight excluding hydrogens is 611 g/mol. The van der Waals surface area contributed by atoms with Crippen LogP contribution in [0.4, 0.5) is 0 Å². The predicted molar refractivity (Wildman–Crippen MR) is 200 cm³/mol. The summed E-state index contributed by atoms with van der Waals surface area (Å²) in [6.45, 7) is 0. The van der Waals surface area contributed by atoms with Crippen LogP contribution in [0.1, 0.15) is 16.7 Å². The Morgan fingerprint density at radius 3 is 1.46 bits per heavy atom. The van der Waals surface area contributed by atoms with Gasteiger partial charge in [0.15, 0.2) is 0 Å². The highest BCUT2D eigenvalue weighted by atomic mass is 15.0. The topological polar surface area (TPSA) is 81.2 Å². The number of nitriles is 3. The summed E-state index contributed by atoms with van der Waals surface area (Å²) in [6, 6.07) is 57.7. The SMILES string of the molecule is N#Cc1ccc(-c2ccc(-c3cccc(-n4c5ccccc5c5cc(C#N)ccc54)c3C#N)cc2)c(-n2c3ccccc3c3ccccc32)c1. The van der Waals surface area contributed by atoms with E-state index in [1.165, 1.54) is 0 Å². The Labute approximate surface area is 287 Å². The van der Waals surface area contributed by atoms with Crippen molar-refractivity contribution in [2.24, 2.45) is 0 Å². The van der Waals surface area contributed by atoms with Gasteiger partial charge in [0, 0.05) is 32.7 Å². The zero-order chi connectivity index (χ0) is 33.8. The van der Waals surface area contributed by atoms with E-state index in [4.69, 9.17) is 0 Å². The minimum atomic E-state index is 0.566. The quantitative estimate of drug-likeness (QED) is 0.193. The van der Waals surface area contributed by atoms with Crippen molar-refractivity contribution >= 4 is 43.6 Å². The Bertz CT molecular complexity index is 2900. The molecule has 0 spiro atoms. The van der Waals surface area contributed by atoms with E-state index in [-0.39, 0.29) is 0 Å². The number of aromatic nitrogens is 2. The van der Waals surface area contributed by atoms with Crippen LogP contribution in [0.3, 0.4) is 0 Å². The maximum absolute atomic E-state index is 10.6. The van der Waals surface area contributed by atoms with E-state index >= 15 is 0 Å². The second kappa shape index (κ2) is 11.4. The molecule has 0 aliphatic carbocycles. The average Bonchev–Trinajstić information content (AvgIpc) is 3.70. The van der Waals surface area contributed by atoms with Crippen LogP contribution in [0, 0.1) is 34.0 Å². The highest BCUT2D eigenvalue weighted by Gasteiger charge is 2.19. The lowest BCUT2D eigenvalue weighted by Crippen LogP contribution is -2.00. The molecule has 0 radical (unpaired) electrons. The number of rotatable bonds is 4. The first-order valence-corrected chi connectivity index (χ1v) is 16.3. The Morgan fingerprint density at radius 2 is 0.860 bits per heavy atom. The van der Waals surface area contributed by atoms with E-state index in [0.717, 1.165) is 77.2 Å². The van der Waals surface area contributed by atoms with Gasteiger partial charge < -0.3 is 9.13 Å². The van der Waals surface area contributed by atoms with Gasteiger partial charge >= 0.3 is 0 Å². The van der Waals surface area contributed by atoms with Crippen LogP contribution in [-0.2, 0) is 0 Å². The molecule has 0 fully saturated rings. The molecule has 5 nitrogen and oxygen atoms in total. The third-order valence-electron chi connectivity index (χ3n) is 9.65. The van der Waals surface area contributed by atoms with Gasteiger partial charge in [0.2, 0.25) is 0 Å². The van der Waals surface area contributed by atoms with Crippen LogP contribution >= 0.6 is 0 Å². The molecule has 0 bridgehead atoms. The number of hydrogen-bond donors (Lipinski definition) is 0. The van der Waals surface area contributed by atoms with Gasteiger partial charge in [0.05, 0.1) is 62.3 Å². The fraction of sp³-hybridized carbons (Fsp3) is 0. The van der Waals surface area contributed by atoms with Gasteiger partial charge in [0.25, 0.3) is 0 Å². The van der Waals surface area contributed by atoms with E-state index in [9.17, 15) is 15.8 Å². The average molecular weight is 636 g/mol. The highest BCUT2D eigenvalue weighted by molar-refractivity contribution is 6.11. The molecule has 50 heavy (non-hydrogen) atoms. The first-order valence-electron chi connectivity index (χ1n) is 16.3. The molecule has 0 aliphatic rings. The lowest BCUT2D eigenvalue weighted by Gasteiger charge is -2.16. The molecule has 0 saturated heterocycles. The van der Waals surface area contributed by atoms with Gasteiger partial charge in [-0.05, 0) is 65.7 Å². The molecule has 2 aromatic heterocycles. The number of nitrogens with zero attached hydrogens (tertiary/aromatic N) is 5. The van der Waals surface area contributed by atoms with E-state index < -0.39 is 0 Å². The summed E-state index contributed by atoms with van der Waals surface area (Å²) >= 11 is 0. The molecule has 0 amide bonds. The van der Waals surface area contributed by atoms with Gasteiger partial charge in [-0.15, -0.1) is 0 Å². The first kappa shape index (κ1) is 28.8. The number of para-hydroxylation sites is 3. The first-order chi connectivity index (χ1) is 24.7. The third kappa shape index (κ3) is 4.31. The third-order valence-corrected chi connectivity index (χ3v) is 9.65. The zero-order valence-electron chi connectivity index (χ0n) is 26.7. The molecule has 230 valence electrons. The Hall–Kier alpha value is -7.39. The summed E-state index contributed by atoms with van der Waals surface area (Å²) in [4.78, 5) is 0. The molecule has 2 heterocycles. The summed E-state index contributed by atoms with van der Waals surface area (Å²) in [6.07, 6.45) is 0. The largest absolute Gasteiger partial charge is 0.309 e. The van der Waals surface area contributed by atoms with Crippen molar-refractivity contribution < 1.29 is 0 Å². The van der Waals surface area contributed by atoms with Crippen molar-refractivity contribution in [1.82, 2.24) is 9.13 Å². The summed E-state index contributed by atoms with van der Waals surface area (Å²) in [5.74, 6) is 0. The fourth-order valence-electron chi connectivity index (χ4n) is 7.43. The van der Waals surface area contributed by atoms with Crippen molar-refractivity contribution in [2.75, 3.05) is 0 Å². The molecule has 5 heteroatoms. The molecule has 9 aromatic rings. The molecule has 0 N–H and O–H groups in total. The molecule has 7 aromatic carbocycles. The van der Waals surface area contributed by atoms with Crippen LogP contribution in [0.2, 0.25) is 0 Å². The fourth-order valence-corrected chi connectivity index (χ4v) is 7.43. The maximum atomic E-state index is 10.6. The van der Waals surface area contributed by atoms with Crippen molar-refractivity contribution in [2.45, 2.75) is 0 Å². The van der Waals surface area contributed by atoms with Gasteiger partial charge in [-0.1, -0.05) is 97.1 Å². The second-order valence-corrected chi connectivity index (χ2v) is 12.3. The van der Waals surface area contributed by atoms with Crippen LogP contribution in [0.25, 0.3) is 77.2 Å². The van der Waals surface area contributed by atoms with Gasteiger partial charge in [-0.3, -0.25) is 0 Å². The van der Waals surface area contributed by atoms with Crippen molar-refractivity contribution in [3.63, 3.8) is 0 Å². The Balaban J connectivity index is 1.20. The van der Waals surface area contributed by atoms with Crippen molar-refractivity contribution in [3.8, 4) is 51.8 Å². The van der Waals surface area contributed by atoms with Crippen LogP contribution in [0.5, 0.6) is 0 Å². The Morgan fingerprint density at radius 1 is 0.360 bits per heavy atom. The van der Waals surface area contributed by atoms with E-state index in [1.54, 1.807) is 0 Å². The van der Waals surface area contributed by atoms with Gasteiger partial charge in [-0.2, -0.15) is 15.8 Å².